The summed E-state index contributed by atoms with van der Waals surface area (Å²) in [6.07, 6.45) is 40.4. The molecule has 0 aromatic carbocycles. The first-order chi connectivity index (χ1) is 28.3. The number of rotatable bonds is 41. The summed E-state index contributed by atoms with van der Waals surface area (Å²) in [5.41, 5.74) is 0. The van der Waals surface area contributed by atoms with Gasteiger partial charge in [0, 0.05) is 6.42 Å². The maximum absolute atomic E-state index is 13.0. The van der Waals surface area contributed by atoms with Gasteiger partial charge in [-0.25, -0.2) is 0 Å². The van der Waals surface area contributed by atoms with Crippen molar-refractivity contribution in [1.29, 1.82) is 0 Å². The molecule has 0 aliphatic carbocycles. The van der Waals surface area contributed by atoms with Crippen LogP contribution in [-0.4, -0.2) is 87.5 Å². The van der Waals surface area contributed by atoms with Gasteiger partial charge in [-0.15, -0.1) is 0 Å². The monoisotopic (exact) mass is 824 g/mol. The SMILES string of the molecule is CCCCCC/C=C\C/C=C\CCCCCCCC(=O)NC(COC1OC(CO)C(O)C(O)C1O)C(O)CCCCCCCCCCCCCCCCCCCCC. The van der Waals surface area contributed by atoms with Crippen molar-refractivity contribution in [2.45, 2.75) is 269 Å². The van der Waals surface area contributed by atoms with Crippen LogP contribution in [0.2, 0.25) is 0 Å². The van der Waals surface area contributed by atoms with Crippen molar-refractivity contribution in [1.82, 2.24) is 5.32 Å². The van der Waals surface area contributed by atoms with E-state index in [0.717, 1.165) is 64.2 Å². The molecule has 7 atom stereocenters. The van der Waals surface area contributed by atoms with Gasteiger partial charge < -0.3 is 40.3 Å². The third-order valence-corrected chi connectivity index (χ3v) is 11.8. The third-order valence-electron chi connectivity index (χ3n) is 11.8. The van der Waals surface area contributed by atoms with Crippen molar-refractivity contribution < 1.29 is 39.8 Å². The Bertz CT molecular complexity index is 961. The third kappa shape index (κ3) is 29.8. The Morgan fingerprint density at radius 1 is 0.586 bits per heavy atom. The number of carbonyl (C=O) groups is 1. The Morgan fingerprint density at radius 3 is 1.50 bits per heavy atom. The predicted molar refractivity (Wildman–Crippen MR) is 240 cm³/mol. The van der Waals surface area contributed by atoms with Gasteiger partial charge in [0.05, 0.1) is 25.4 Å². The van der Waals surface area contributed by atoms with Crippen LogP contribution in [0.3, 0.4) is 0 Å². The summed E-state index contributed by atoms with van der Waals surface area (Å²) < 4.78 is 11.3. The van der Waals surface area contributed by atoms with Crippen LogP contribution in [0.5, 0.6) is 0 Å². The Labute approximate surface area is 356 Å². The van der Waals surface area contributed by atoms with Crippen molar-refractivity contribution >= 4 is 5.91 Å². The molecule has 58 heavy (non-hydrogen) atoms. The summed E-state index contributed by atoms with van der Waals surface area (Å²) >= 11 is 0. The maximum Gasteiger partial charge on any atom is 0.220 e. The molecule has 1 fully saturated rings. The van der Waals surface area contributed by atoms with Crippen LogP contribution < -0.4 is 5.32 Å². The van der Waals surface area contributed by atoms with E-state index >= 15 is 0 Å². The number of aliphatic hydroxyl groups is 5. The molecule has 0 aromatic heterocycles. The van der Waals surface area contributed by atoms with Gasteiger partial charge in [0.25, 0.3) is 0 Å². The fourth-order valence-corrected chi connectivity index (χ4v) is 7.84. The van der Waals surface area contributed by atoms with Gasteiger partial charge in [-0.2, -0.15) is 0 Å². The highest BCUT2D eigenvalue weighted by Crippen LogP contribution is 2.23. The fourth-order valence-electron chi connectivity index (χ4n) is 7.84. The molecular weight excluding hydrogens is 731 g/mol. The van der Waals surface area contributed by atoms with E-state index in [0.29, 0.717) is 12.8 Å². The molecule has 0 bridgehead atoms. The molecule has 1 amide bonds. The zero-order chi connectivity index (χ0) is 42.3. The van der Waals surface area contributed by atoms with Crippen LogP contribution >= 0.6 is 0 Å². The molecule has 1 heterocycles. The zero-order valence-corrected chi connectivity index (χ0v) is 37.6. The number of unbranched alkanes of at least 4 members (excludes halogenated alkanes) is 27. The lowest BCUT2D eigenvalue weighted by atomic mass is 9.99. The van der Waals surface area contributed by atoms with E-state index in [9.17, 15) is 30.3 Å². The minimum Gasteiger partial charge on any atom is -0.394 e. The molecule has 1 aliphatic heterocycles. The molecule has 1 rings (SSSR count). The van der Waals surface area contributed by atoms with Crippen LogP contribution in [0.25, 0.3) is 0 Å². The number of aliphatic hydroxyl groups excluding tert-OH is 5. The van der Waals surface area contributed by atoms with E-state index in [-0.39, 0.29) is 12.5 Å². The second-order valence-corrected chi connectivity index (χ2v) is 17.3. The summed E-state index contributed by atoms with van der Waals surface area (Å²) in [5.74, 6) is -0.157. The lowest BCUT2D eigenvalue weighted by Crippen LogP contribution is -2.60. The van der Waals surface area contributed by atoms with E-state index in [1.54, 1.807) is 0 Å². The second kappa shape index (κ2) is 39.8. The van der Waals surface area contributed by atoms with Crippen molar-refractivity contribution in [3.8, 4) is 0 Å². The highest BCUT2D eigenvalue weighted by molar-refractivity contribution is 5.76. The van der Waals surface area contributed by atoms with Crippen LogP contribution in [0, 0.1) is 0 Å². The summed E-state index contributed by atoms with van der Waals surface area (Å²) in [6, 6.07) is -0.724. The largest absolute Gasteiger partial charge is 0.394 e. The smallest absolute Gasteiger partial charge is 0.220 e. The van der Waals surface area contributed by atoms with Crippen molar-refractivity contribution in [3.63, 3.8) is 0 Å². The summed E-state index contributed by atoms with van der Waals surface area (Å²) in [4.78, 5) is 13.0. The lowest BCUT2D eigenvalue weighted by molar-refractivity contribution is -0.302. The number of hydrogen-bond donors (Lipinski definition) is 6. The molecule has 6 N–H and O–H groups in total. The highest BCUT2D eigenvalue weighted by atomic mass is 16.7. The van der Waals surface area contributed by atoms with E-state index in [2.05, 4.69) is 43.5 Å². The summed E-state index contributed by atoms with van der Waals surface area (Å²) in [5, 5.41) is 54.4. The van der Waals surface area contributed by atoms with Crippen molar-refractivity contribution in [3.05, 3.63) is 24.3 Å². The topological polar surface area (TPSA) is 149 Å². The maximum atomic E-state index is 13.0. The van der Waals surface area contributed by atoms with E-state index in [1.165, 1.54) is 135 Å². The lowest BCUT2D eigenvalue weighted by Gasteiger charge is -2.40. The van der Waals surface area contributed by atoms with E-state index in [1.807, 2.05) is 0 Å². The summed E-state index contributed by atoms with van der Waals surface area (Å²) in [6.45, 7) is 3.82. The summed E-state index contributed by atoms with van der Waals surface area (Å²) in [7, 11) is 0. The molecule has 0 spiro atoms. The first kappa shape index (κ1) is 54.7. The number of amides is 1. The van der Waals surface area contributed by atoms with E-state index < -0.39 is 49.5 Å². The number of nitrogens with one attached hydrogen (secondary N) is 1. The number of allylic oxidation sites excluding steroid dienone is 4. The number of ether oxygens (including phenoxy) is 2. The van der Waals surface area contributed by atoms with Crippen molar-refractivity contribution in [2.75, 3.05) is 13.2 Å². The molecule has 9 heteroatoms. The van der Waals surface area contributed by atoms with Crippen LogP contribution in [0.1, 0.15) is 226 Å². The predicted octanol–water partition coefficient (Wildman–Crippen LogP) is 10.7. The fraction of sp³-hybridized carbons (Fsp3) is 0.898. The molecule has 342 valence electrons. The molecule has 0 radical (unpaired) electrons. The zero-order valence-electron chi connectivity index (χ0n) is 37.6. The molecule has 0 saturated carbocycles. The first-order valence-electron chi connectivity index (χ1n) is 24.5. The van der Waals surface area contributed by atoms with Gasteiger partial charge in [0.2, 0.25) is 5.91 Å². The van der Waals surface area contributed by atoms with Gasteiger partial charge in [-0.3, -0.25) is 4.79 Å². The van der Waals surface area contributed by atoms with Gasteiger partial charge in [0.1, 0.15) is 24.4 Å². The molecule has 1 saturated heterocycles. The normalized spacial score (nSPS) is 21.0. The second-order valence-electron chi connectivity index (χ2n) is 17.3. The van der Waals surface area contributed by atoms with Crippen molar-refractivity contribution in [2.24, 2.45) is 0 Å². The number of hydrogen-bond acceptors (Lipinski definition) is 8. The quantitative estimate of drug-likeness (QED) is 0.0264. The van der Waals surface area contributed by atoms with Gasteiger partial charge >= 0.3 is 0 Å². The Morgan fingerprint density at radius 2 is 1.02 bits per heavy atom. The Kier molecular flexibility index (Phi) is 37.5. The molecular formula is C49H93NO8. The van der Waals surface area contributed by atoms with Crippen LogP contribution in [0.4, 0.5) is 0 Å². The molecule has 0 aromatic rings. The number of carbonyl (C=O) groups excluding carboxylic acids is 1. The molecule has 9 nitrogen and oxygen atoms in total. The van der Waals surface area contributed by atoms with E-state index in [4.69, 9.17) is 9.47 Å². The highest BCUT2D eigenvalue weighted by Gasteiger charge is 2.44. The Balaban J connectivity index is 2.30. The van der Waals surface area contributed by atoms with Crippen LogP contribution in [-0.2, 0) is 14.3 Å². The minimum absolute atomic E-state index is 0.142. The van der Waals surface area contributed by atoms with Gasteiger partial charge in [-0.1, -0.05) is 199 Å². The Hall–Kier alpha value is -1.33. The average molecular weight is 824 g/mol. The van der Waals surface area contributed by atoms with Gasteiger partial charge in [0.15, 0.2) is 6.29 Å². The van der Waals surface area contributed by atoms with Crippen LogP contribution in [0.15, 0.2) is 24.3 Å². The standard InChI is InChI=1S/C49H93NO8/c1-3-5-7-9-11-13-15-17-19-21-22-23-24-26-28-30-32-34-36-38-43(52)42(41-57-49-48(56)47(55)46(54)44(40-51)58-49)50-45(53)39-37-35-33-31-29-27-25-20-18-16-14-12-10-8-6-4-2/h14,16,20,25,42-44,46-49,51-52,54-56H,3-13,15,17-19,21-24,26-41H2,1-2H3,(H,50,53)/b16-14-,25-20-. The molecule has 7 unspecified atom stereocenters. The van der Waals surface area contributed by atoms with Gasteiger partial charge in [-0.05, 0) is 44.9 Å². The molecule has 1 aliphatic rings. The minimum atomic E-state index is -1.55. The average Bonchev–Trinajstić information content (AvgIpc) is 3.22. The first-order valence-corrected chi connectivity index (χ1v) is 24.5.